The summed E-state index contributed by atoms with van der Waals surface area (Å²) in [6, 6.07) is 11.1. The van der Waals surface area contributed by atoms with E-state index >= 15 is 0 Å². The second kappa shape index (κ2) is 6.08. The molecule has 0 unspecified atom stereocenters. The smallest absolute Gasteiger partial charge is 0.165 e. The SMILES string of the molecule is Fc1cccc2c1OCC[C@@H]2NCc1ccc2c(c1)OCCO2. The van der Waals surface area contributed by atoms with Crippen molar-refractivity contribution < 1.29 is 18.6 Å². The largest absolute Gasteiger partial charge is 0.490 e. The average Bonchev–Trinajstić information content (AvgIpc) is 2.60. The van der Waals surface area contributed by atoms with Crippen molar-refractivity contribution in [3.05, 3.63) is 53.3 Å². The minimum absolute atomic E-state index is 0.0858. The van der Waals surface area contributed by atoms with Gasteiger partial charge in [0, 0.05) is 24.6 Å². The first-order chi connectivity index (χ1) is 11.3. The van der Waals surface area contributed by atoms with E-state index in [9.17, 15) is 4.39 Å². The Balaban J connectivity index is 1.49. The molecule has 0 radical (unpaired) electrons. The molecule has 0 spiro atoms. The zero-order valence-electron chi connectivity index (χ0n) is 12.7. The van der Waals surface area contributed by atoms with Crippen LogP contribution in [0.4, 0.5) is 4.39 Å². The molecule has 1 N–H and O–H groups in total. The number of rotatable bonds is 3. The zero-order valence-corrected chi connectivity index (χ0v) is 12.7. The molecular formula is C18H18FNO3. The third-order valence-corrected chi connectivity index (χ3v) is 4.18. The van der Waals surface area contributed by atoms with E-state index in [0.29, 0.717) is 32.1 Å². The molecule has 2 aliphatic rings. The molecule has 0 saturated heterocycles. The molecule has 0 bridgehead atoms. The molecule has 0 aliphatic carbocycles. The third-order valence-electron chi connectivity index (χ3n) is 4.18. The number of hydrogen-bond donors (Lipinski definition) is 1. The van der Waals surface area contributed by atoms with Crippen LogP contribution in [0.1, 0.15) is 23.6 Å². The topological polar surface area (TPSA) is 39.7 Å². The number of halogens is 1. The van der Waals surface area contributed by atoms with Crippen molar-refractivity contribution >= 4 is 0 Å². The van der Waals surface area contributed by atoms with Gasteiger partial charge < -0.3 is 19.5 Å². The van der Waals surface area contributed by atoms with Crippen LogP contribution < -0.4 is 19.5 Å². The summed E-state index contributed by atoms with van der Waals surface area (Å²) in [6.07, 6.45) is 0.820. The number of hydrogen-bond acceptors (Lipinski definition) is 4. The molecule has 2 aliphatic heterocycles. The van der Waals surface area contributed by atoms with E-state index in [1.165, 1.54) is 6.07 Å². The van der Waals surface area contributed by atoms with Crippen molar-refractivity contribution in [2.24, 2.45) is 0 Å². The first-order valence-electron chi connectivity index (χ1n) is 7.84. The van der Waals surface area contributed by atoms with Crippen molar-refractivity contribution in [3.8, 4) is 17.2 Å². The van der Waals surface area contributed by atoms with Crippen LogP contribution in [-0.2, 0) is 6.54 Å². The molecule has 4 rings (SSSR count). The summed E-state index contributed by atoms with van der Waals surface area (Å²) in [7, 11) is 0. The van der Waals surface area contributed by atoms with Gasteiger partial charge in [0.05, 0.1) is 6.61 Å². The lowest BCUT2D eigenvalue weighted by Crippen LogP contribution is -2.27. The maximum absolute atomic E-state index is 13.8. The summed E-state index contributed by atoms with van der Waals surface area (Å²) in [6.45, 7) is 2.37. The molecular weight excluding hydrogens is 297 g/mol. The molecule has 5 heteroatoms. The highest BCUT2D eigenvalue weighted by Gasteiger charge is 2.23. The average molecular weight is 315 g/mol. The molecule has 2 aromatic rings. The van der Waals surface area contributed by atoms with Gasteiger partial charge in [-0.3, -0.25) is 0 Å². The van der Waals surface area contributed by atoms with Crippen molar-refractivity contribution in [3.63, 3.8) is 0 Å². The Hall–Kier alpha value is -2.27. The Morgan fingerprint density at radius 1 is 1.00 bits per heavy atom. The number of ether oxygens (including phenoxy) is 3. The molecule has 0 saturated carbocycles. The summed E-state index contributed by atoms with van der Waals surface area (Å²) < 4.78 is 30.4. The summed E-state index contributed by atoms with van der Waals surface area (Å²) in [5.74, 6) is 1.65. The second-order valence-corrected chi connectivity index (χ2v) is 5.71. The molecule has 0 amide bonds. The Kier molecular flexibility index (Phi) is 3.79. The van der Waals surface area contributed by atoms with Crippen molar-refractivity contribution in [2.45, 2.75) is 19.0 Å². The zero-order chi connectivity index (χ0) is 15.6. The van der Waals surface area contributed by atoms with Crippen LogP contribution in [-0.4, -0.2) is 19.8 Å². The fourth-order valence-corrected chi connectivity index (χ4v) is 3.04. The van der Waals surface area contributed by atoms with Gasteiger partial charge in [-0.25, -0.2) is 4.39 Å². The number of para-hydroxylation sites is 1. The Morgan fingerprint density at radius 2 is 1.87 bits per heavy atom. The minimum atomic E-state index is -0.298. The summed E-state index contributed by atoms with van der Waals surface area (Å²) in [5.41, 5.74) is 1.99. The molecule has 0 fully saturated rings. The van der Waals surface area contributed by atoms with Crippen molar-refractivity contribution in [1.29, 1.82) is 0 Å². The van der Waals surface area contributed by atoms with E-state index in [0.717, 1.165) is 29.0 Å². The maximum Gasteiger partial charge on any atom is 0.165 e. The highest BCUT2D eigenvalue weighted by atomic mass is 19.1. The van der Waals surface area contributed by atoms with Crippen molar-refractivity contribution in [1.82, 2.24) is 5.32 Å². The van der Waals surface area contributed by atoms with Crippen LogP contribution in [0.3, 0.4) is 0 Å². The van der Waals surface area contributed by atoms with Crippen LogP contribution in [0, 0.1) is 5.82 Å². The van der Waals surface area contributed by atoms with Crippen LogP contribution in [0.25, 0.3) is 0 Å². The summed E-state index contributed by atoms with van der Waals surface area (Å²) in [5, 5.41) is 3.49. The quantitative estimate of drug-likeness (QED) is 0.944. The van der Waals surface area contributed by atoms with Crippen LogP contribution in [0.5, 0.6) is 17.2 Å². The number of fused-ring (bicyclic) bond motifs is 2. The molecule has 1 atom stereocenters. The summed E-state index contributed by atoms with van der Waals surface area (Å²) >= 11 is 0. The van der Waals surface area contributed by atoms with Crippen molar-refractivity contribution in [2.75, 3.05) is 19.8 Å². The Morgan fingerprint density at radius 3 is 2.78 bits per heavy atom. The van der Waals surface area contributed by atoms with Gasteiger partial charge in [-0.15, -0.1) is 0 Å². The maximum atomic E-state index is 13.8. The van der Waals surface area contributed by atoms with Crippen LogP contribution in [0.15, 0.2) is 36.4 Å². The lowest BCUT2D eigenvalue weighted by molar-refractivity contribution is 0.171. The highest BCUT2D eigenvalue weighted by Crippen LogP contribution is 2.35. The number of nitrogens with one attached hydrogen (secondary N) is 1. The molecule has 2 aromatic carbocycles. The van der Waals surface area contributed by atoms with E-state index in [-0.39, 0.29) is 11.9 Å². The van der Waals surface area contributed by atoms with Gasteiger partial charge in [-0.1, -0.05) is 18.2 Å². The van der Waals surface area contributed by atoms with Gasteiger partial charge in [0.2, 0.25) is 0 Å². The number of benzene rings is 2. The van der Waals surface area contributed by atoms with E-state index in [1.807, 2.05) is 24.3 Å². The Labute approximate surface area is 134 Å². The van der Waals surface area contributed by atoms with E-state index in [4.69, 9.17) is 14.2 Å². The molecule has 4 nitrogen and oxygen atoms in total. The van der Waals surface area contributed by atoms with Crippen LogP contribution in [0.2, 0.25) is 0 Å². The standard InChI is InChI=1S/C18H18FNO3/c19-14-3-1-2-13-15(6-7-23-18(13)14)20-11-12-4-5-16-17(10-12)22-9-8-21-16/h1-5,10,15,20H,6-9,11H2/t15-/m0/s1. The monoisotopic (exact) mass is 315 g/mol. The molecule has 2 heterocycles. The van der Waals surface area contributed by atoms with E-state index < -0.39 is 0 Å². The highest BCUT2D eigenvalue weighted by molar-refractivity contribution is 5.44. The lowest BCUT2D eigenvalue weighted by Gasteiger charge is -2.27. The fraction of sp³-hybridized carbons (Fsp3) is 0.333. The predicted molar refractivity (Wildman–Crippen MR) is 83.5 cm³/mol. The molecule has 23 heavy (non-hydrogen) atoms. The molecule has 120 valence electrons. The van der Waals surface area contributed by atoms with Gasteiger partial charge in [0.25, 0.3) is 0 Å². The minimum Gasteiger partial charge on any atom is -0.490 e. The first-order valence-corrected chi connectivity index (χ1v) is 7.84. The molecule has 0 aromatic heterocycles. The van der Waals surface area contributed by atoms with Gasteiger partial charge in [0.15, 0.2) is 23.1 Å². The first kappa shape index (κ1) is 14.3. The fourth-order valence-electron chi connectivity index (χ4n) is 3.04. The Bertz CT molecular complexity index is 719. The summed E-state index contributed by atoms with van der Waals surface area (Å²) in [4.78, 5) is 0. The van der Waals surface area contributed by atoms with Crippen LogP contribution >= 0.6 is 0 Å². The van der Waals surface area contributed by atoms with E-state index in [1.54, 1.807) is 6.07 Å². The van der Waals surface area contributed by atoms with Gasteiger partial charge in [0.1, 0.15) is 13.2 Å². The van der Waals surface area contributed by atoms with Gasteiger partial charge in [-0.05, 0) is 23.8 Å². The van der Waals surface area contributed by atoms with E-state index in [2.05, 4.69) is 5.32 Å². The normalized spacial score (nSPS) is 18.9. The second-order valence-electron chi connectivity index (χ2n) is 5.71. The van der Waals surface area contributed by atoms with Gasteiger partial charge >= 0.3 is 0 Å². The third kappa shape index (κ3) is 2.84. The predicted octanol–water partition coefficient (Wildman–Crippen LogP) is 3.21. The lowest BCUT2D eigenvalue weighted by atomic mass is 10.00. The van der Waals surface area contributed by atoms with Gasteiger partial charge in [-0.2, -0.15) is 0 Å².